The van der Waals surface area contributed by atoms with Crippen molar-refractivity contribution in [1.82, 2.24) is 10.7 Å². The SMILES string of the molecule is CC1NC(=O)C2CC(O)C3CC4(C)C(C)CCC5C(C)(C)C(=NNC(N)=O)C(OS(C)(=O)=O)CC54OC3C12. The fourth-order valence-corrected chi connectivity index (χ4v) is 9.73. The Morgan fingerprint density at radius 3 is 2.55 bits per heavy atom. The van der Waals surface area contributed by atoms with E-state index in [0.29, 0.717) is 18.6 Å². The second-order valence-corrected chi connectivity index (χ2v) is 14.9. The van der Waals surface area contributed by atoms with Gasteiger partial charge in [-0.05, 0) is 44.4 Å². The lowest BCUT2D eigenvalue weighted by molar-refractivity contribution is -0.324. The molecular weight excluding hydrogens is 512 g/mol. The number of hydrogen-bond acceptors (Lipinski definition) is 8. The van der Waals surface area contributed by atoms with Crippen LogP contribution in [0.3, 0.4) is 0 Å². The molecule has 2 heterocycles. The van der Waals surface area contributed by atoms with Crippen molar-refractivity contribution >= 4 is 27.8 Å². The van der Waals surface area contributed by atoms with Gasteiger partial charge in [-0.25, -0.2) is 10.2 Å². The smallest absolute Gasteiger partial charge is 0.332 e. The van der Waals surface area contributed by atoms with Crippen LogP contribution in [0.5, 0.6) is 0 Å². The number of rotatable bonds is 3. The Kier molecular flexibility index (Phi) is 6.49. The number of fused-ring (bicyclic) bond motifs is 3. The number of amides is 3. The van der Waals surface area contributed by atoms with E-state index in [0.717, 1.165) is 19.1 Å². The highest BCUT2D eigenvalue weighted by Crippen LogP contribution is 2.68. The third-order valence-electron chi connectivity index (χ3n) is 11.0. The molecule has 3 aliphatic carbocycles. The first kappa shape index (κ1) is 27.8. The minimum atomic E-state index is -3.90. The Hall–Kier alpha value is -1.76. The number of carbonyl (C=O) groups excluding carboxylic acids is 2. The Labute approximate surface area is 224 Å². The molecule has 2 aliphatic heterocycles. The number of nitrogens with one attached hydrogen (secondary N) is 2. The van der Waals surface area contributed by atoms with Gasteiger partial charge in [0.25, 0.3) is 10.1 Å². The van der Waals surface area contributed by atoms with Gasteiger partial charge >= 0.3 is 6.03 Å². The lowest BCUT2D eigenvalue weighted by Gasteiger charge is -2.70. The molecule has 5 rings (SSSR count). The fraction of sp³-hybridized carbons (Fsp3) is 0.885. The van der Waals surface area contributed by atoms with Crippen molar-refractivity contribution in [2.75, 3.05) is 6.26 Å². The summed E-state index contributed by atoms with van der Waals surface area (Å²) in [4.78, 5) is 24.3. The van der Waals surface area contributed by atoms with E-state index in [9.17, 15) is 23.1 Å². The van der Waals surface area contributed by atoms with E-state index in [1.165, 1.54) is 0 Å². The van der Waals surface area contributed by atoms with Crippen LogP contribution in [0.4, 0.5) is 4.79 Å². The zero-order chi connectivity index (χ0) is 28.0. The van der Waals surface area contributed by atoms with Crippen LogP contribution in [0.2, 0.25) is 0 Å². The van der Waals surface area contributed by atoms with Crippen LogP contribution in [-0.2, 0) is 23.8 Å². The molecule has 214 valence electrons. The van der Waals surface area contributed by atoms with E-state index in [-0.39, 0.29) is 54.1 Å². The number of ether oxygens (including phenoxy) is 1. The van der Waals surface area contributed by atoms with Crippen molar-refractivity contribution in [3.05, 3.63) is 0 Å². The Morgan fingerprint density at radius 2 is 1.92 bits per heavy atom. The van der Waals surface area contributed by atoms with Crippen molar-refractivity contribution in [2.24, 2.45) is 51.3 Å². The number of nitrogens with two attached hydrogens (primary N) is 1. The van der Waals surface area contributed by atoms with E-state index in [4.69, 9.17) is 14.7 Å². The summed E-state index contributed by atoms with van der Waals surface area (Å²) in [5, 5.41) is 18.6. The Bertz CT molecular complexity index is 1160. The Morgan fingerprint density at radius 1 is 1.24 bits per heavy atom. The second-order valence-electron chi connectivity index (χ2n) is 13.3. The lowest BCUT2D eigenvalue weighted by Crippen LogP contribution is -2.74. The van der Waals surface area contributed by atoms with Crippen molar-refractivity contribution in [3.63, 3.8) is 0 Å². The molecular formula is C26H42N4O7S. The highest BCUT2D eigenvalue weighted by molar-refractivity contribution is 7.86. The quantitative estimate of drug-likeness (QED) is 0.303. The van der Waals surface area contributed by atoms with Gasteiger partial charge in [0.1, 0.15) is 6.10 Å². The molecule has 2 saturated heterocycles. The monoisotopic (exact) mass is 554 g/mol. The molecule has 0 aromatic rings. The van der Waals surface area contributed by atoms with Crippen LogP contribution in [0.15, 0.2) is 5.10 Å². The summed E-state index contributed by atoms with van der Waals surface area (Å²) in [6, 6.07) is -0.940. The number of hydrogen-bond donors (Lipinski definition) is 4. The van der Waals surface area contributed by atoms with Crippen LogP contribution in [0.25, 0.3) is 0 Å². The van der Waals surface area contributed by atoms with E-state index in [2.05, 4.69) is 29.7 Å². The average molecular weight is 555 g/mol. The molecule has 5 fully saturated rings. The van der Waals surface area contributed by atoms with Gasteiger partial charge < -0.3 is 20.9 Å². The summed E-state index contributed by atoms with van der Waals surface area (Å²) in [6.45, 7) is 10.4. The number of nitrogens with zero attached hydrogens (tertiary/aromatic N) is 1. The molecule has 1 spiro atoms. The Balaban J connectivity index is 1.65. The minimum Gasteiger partial charge on any atom is -0.393 e. The fourth-order valence-electron chi connectivity index (χ4n) is 9.15. The standard InChI is InChI=1S/C26H42N4O7S/c1-12-7-8-18-24(3,4)21(29-30-23(27)33)17(37-38(6,34)35)11-26(18)25(12,5)10-15-16(31)9-14-19(20(15)36-26)13(2)28-22(14)32/h12-20,31H,7-11H2,1-6H3,(H,28,32)(H3,27,30,33). The molecule has 0 aromatic carbocycles. The number of aliphatic hydroxyl groups excluding tert-OH is 1. The van der Waals surface area contributed by atoms with E-state index in [1.807, 2.05) is 20.8 Å². The van der Waals surface area contributed by atoms with Crippen LogP contribution in [0, 0.1) is 40.4 Å². The molecule has 3 amide bonds. The van der Waals surface area contributed by atoms with Crippen molar-refractivity contribution in [1.29, 1.82) is 0 Å². The number of carbonyl (C=O) groups is 2. The maximum absolute atomic E-state index is 12.8. The third kappa shape index (κ3) is 4.00. The number of hydrazone groups is 1. The third-order valence-corrected chi connectivity index (χ3v) is 11.5. The predicted molar refractivity (Wildman–Crippen MR) is 139 cm³/mol. The number of aliphatic hydroxyl groups is 1. The van der Waals surface area contributed by atoms with Gasteiger partial charge in [-0.3, -0.25) is 8.98 Å². The first-order valence-corrected chi connectivity index (χ1v) is 15.5. The molecule has 11 unspecified atom stereocenters. The number of primary amides is 1. The van der Waals surface area contributed by atoms with E-state index < -0.39 is 44.8 Å². The lowest BCUT2D eigenvalue weighted by atomic mass is 9.42. The molecule has 0 radical (unpaired) electrons. The average Bonchev–Trinajstić information content (AvgIpc) is 3.05. The van der Waals surface area contributed by atoms with Crippen LogP contribution in [-0.4, -0.2) is 67.4 Å². The normalized spacial score (nSPS) is 48.8. The highest BCUT2D eigenvalue weighted by Gasteiger charge is 2.72. The largest absolute Gasteiger partial charge is 0.393 e. The maximum Gasteiger partial charge on any atom is 0.332 e. The van der Waals surface area contributed by atoms with Gasteiger partial charge in [-0.15, -0.1) is 0 Å². The summed E-state index contributed by atoms with van der Waals surface area (Å²) in [6.07, 6.45) is 2.09. The maximum atomic E-state index is 12.8. The molecule has 0 aromatic heterocycles. The highest BCUT2D eigenvalue weighted by atomic mass is 32.2. The molecule has 5 N–H and O–H groups in total. The zero-order valence-corrected chi connectivity index (χ0v) is 23.9. The molecule has 0 bridgehead atoms. The first-order chi connectivity index (χ1) is 17.5. The summed E-state index contributed by atoms with van der Waals surface area (Å²) in [5.41, 5.74) is 6.10. The van der Waals surface area contributed by atoms with Gasteiger partial charge in [-0.1, -0.05) is 27.7 Å². The molecule has 11 atom stereocenters. The predicted octanol–water partition coefficient (Wildman–Crippen LogP) is 1.50. The van der Waals surface area contributed by atoms with Crippen molar-refractivity contribution < 1.29 is 32.0 Å². The van der Waals surface area contributed by atoms with Gasteiger partial charge in [0.2, 0.25) is 5.91 Å². The number of urea groups is 1. The summed E-state index contributed by atoms with van der Waals surface area (Å²) in [5.74, 6) is -0.427. The summed E-state index contributed by atoms with van der Waals surface area (Å²) >= 11 is 0. The van der Waals surface area contributed by atoms with E-state index >= 15 is 0 Å². The second kappa shape index (κ2) is 8.87. The van der Waals surface area contributed by atoms with Gasteiger partial charge in [0, 0.05) is 41.0 Å². The minimum absolute atomic E-state index is 0.0443. The van der Waals surface area contributed by atoms with Crippen LogP contribution >= 0.6 is 0 Å². The zero-order valence-electron chi connectivity index (χ0n) is 23.1. The first-order valence-electron chi connectivity index (χ1n) is 13.7. The summed E-state index contributed by atoms with van der Waals surface area (Å²) < 4.78 is 37.9. The van der Waals surface area contributed by atoms with Crippen molar-refractivity contribution in [3.8, 4) is 0 Å². The van der Waals surface area contributed by atoms with Gasteiger partial charge in [-0.2, -0.15) is 13.5 Å². The topological polar surface area (TPSA) is 169 Å². The molecule has 38 heavy (non-hydrogen) atoms. The van der Waals surface area contributed by atoms with Crippen molar-refractivity contribution in [2.45, 2.75) is 96.7 Å². The van der Waals surface area contributed by atoms with Gasteiger partial charge in [0.05, 0.1) is 29.8 Å². The molecule has 5 aliphatic rings. The van der Waals surface area contributed by atoms with Gasteiger partial charge in [0.15, 0.2) is 0 Å². The molecule has 12 heteroatoms. The molecule has 3 saturated carbocycles. The van der Waals surface area contributed by atoms with E-state index in [1.54, 1.807) is 0 Å². The molecule has 11 nitrogen and oxygen atoms in total. The van der Waals surface area contributed by atoms with Crippen LogP contribution in [0.1, 0.15) is 66.7 Å². The van der Waals surface area contributed by atoms with Crippen LogP contribution < -0.4 is 16.5 Å². The summed E-state index contributed by atoms with van der Waals surface area (Å²) in [7, 11) is -3.90.